The van der Waals surface area contributed by atoms with Gasteiger partial charge in [-0.2, -0.15) is 0 Å². The summed E-state index contributed by atoms with van der Waals surface area (Å²) in [5, 5.41) is 12.9. The molecule has 0 spiro atoms. The molecule has 1 aromatic heterocycles. The van der Waals surface area contributed by atoms with Crippen molar-refractivity contribution in [3.05, 3.63) is 4.88 Å². The second-order valence-corrected chi connectivity index (χ2v) is 6.49. The van der Waals surface area contributed by atoms with Gasteiger partial charge in [-0.25, -0.2) is 4.98 Å². The molecule has 0 atom stereocenters. The largest absolute Gasteiger partial charge is 0.393 e. The monoisotopic (exact) mass is 312 g/mol. The normalized spacial score (nSPS) is 25.5. The molecule has 1 saturated heterocycles. The van der Waals surface area contributed by atoms with Crippen molar-refractivity contribution in [1.82, 2.24) is 10.3 Å². The first-order valence-electron chi connectivity index (χ1n) is 7.18. The third kappa shape index (κ3) is 3.28. The Balaban J connectivity index is 1.59. The summed E-state index contributed by atoms with van der Waals surface area (Å²) in [4.78, 5) is 19.0. The van der Waals surface area contributed by atoms with E-state index in [1.54, 1.807) is 0 Å². The van der Waals surface area contributed by atoms with E-state index in [1.165, 1.54) is 11.3 Å². The number of aliphatic hydroxyl groups is 1. The summed E-state index contributed by atoms with van der Waals surface area (Å²) < 4.78 is 5.30. The molecule has 1 amide bonds. The second-order valence-electron chi connectivity index (χ2n) is 5.51. The van der Waals surface area contributed by atoms with Crippen molar-refractivity contribution in [3.63, 3.8) is 0 Å². The number of carbonyl (C=O) groups excluding carboxylic acids is 1. The molecule has 116 valence electrons. The topological polar surface area (TPSA) is 101 Å². The van der Waals surface area contributed by atoms with Crippen LogP contribution in [0.5, 0.6) is 0 Å². The van der Waals surface area contributed by atoms with Crippen molar-refractivity contribution < 1.29 is 14.6 Å². The molecular weight excluding hydrogens is 292 g/mol. The summed E-state index contributed by atoms with van der Waals surface area (Å²) in [5.41, 5.74) is 5.86. The van der Waals surface area contributed by atoms with E-state index in [9.17, 15) is 9.90 Å². The number of aliphatic hydroxyl groups excluding tert-OH is 1. The molecule has 0 unspecified atom stereocenters. The number of aromatic nitrogens is 1. The molecule has 7 nitrogen and oxygen atoms in total. The molecule has 1 aliphatic carbocycles. The zero-order valence-corrected chi connectivity index (χ0v) is 12.6. The standard InChI is InChI=1S/C13H20N4O3S/c14-11-10(12(19)15-7-8-5-9(18)6-8)21-13(16-11)17-1-3-20-4-2-17/h8-9,18H,1-7,14H2,(H,15,19). The highest BCUT2D eigenvalue weighted by Crippen LogP contribution is 2.29. The number of hydrogen-bond donors (Lipinski definition) is 3. The van der Waals surface area contributed by atoms with Crippen LogP contribution in [0.1, 0.15) is 22.5 Å². The highest BCUT2D eigenvalue weighted by atomic mass is 32.1. The maximum Gasteiger partial charge on any atom is 0.265 e. The summed E-state index contributed by atoms with van der Waals surface area (Å²) in [6, 6.07) is 0. The molecule has 0 radical (unpaired) electrons. The van der Waals surface area contributed by atoms with E-state index in [2.05, 4.69) is 15.2 Å². The van der Waals surface area contributed by atoms with E-state index in [4.69, 9.17) is 10.5 Å². The van der Waals surface area contributed by atoms with Crippen molar-refractivity contribution >= 4 is 28.2 Å². The van der Waals surface area contributed by atoms with Gasteiger partial charge < -0.3 is 25.8 Å². The minimum atomic E-state index is -0.201. The van der Waals surface area contributed by atoms with Crippen molar-refractivity contribution in [2.75, 3.05) is 43.5 Å². The zero-order chi connectivity index (χ0) is 14.8. The van der Waals surface area contributed by atoms with Crippen LogP contribution in [0.25, 0.3) is 0 Å². The summed E-state index contributed by atoms with van der Waals surface area (Å²) in [7, 11) is 0. The molecule has 2 fully saturated rings. The molecule has 2 aliphatic rings. The molecule has 4 N–H and O–H groups in total. The van der Waals surface area contributed by atoms with Crippen molar-refractivity contribution in [1.29, 1.82) is 0 Å². The van der Waals surface area contributed by atoms with E-state index < -0.39 is 0 Å². The second kappa shape index (κ2) is 6.17. The van der Waals surface area contributed by atoms with Gasteiger partial charge in [-0.15, -0.1) is 0 Å². The Morgan fingerprint density at radius 3 is 2.86 bits per heavy atom. The molecule has 1 aromatic rings. The Labute approximate surface area is 127 Å². The minimum absolute atomic E-state index is 0.175. The summed E-state index contributed by atoms with van der Waals surface area (Å²) >= 11 is 1.32. The minimum Gasteiger partial charge on any atom is -0.393 e. The molecule has 0 bridgehead atoms. The van der Waals surface area contributed by atoms with Gasteiger partial charge in [0, 0.05) is 19.6 Å². The number of carbonyl (C=O) groups is 1. The first-order chi connectivity index (χ1) is 10.1. The number of nitrogens with zero attached hydrogens (tertiary/aromatic N) is 2. The predicted molar refractivity (Wildman–Crippen MR) is 80.6 cm³/mol. The lowest BCUT2D eigenvalue weighted by molar-refractivity contribution is 0.0420. The van der Waals surface area contributed by atoms with Gasteiger partial charge >= 0.3 is 0 Å². The maximum absolute atomic E-state index is 12.2. The molecule has 1 saturated carbocycles. The SMILES string of the molecule is Nc1nc(N2CCOCC2)sc1C(=O)NCC1CC(O)C1. The summed E-state index contributed by atoms with van der Waals surface area (Å²) in [6.07, 6.45) is 1.32. The number of ether oxygens (including phenoxy) is 1. The fraction of sp³-hybridized carbons (Fsp3) is 0.692. The first-order valence-corrected chi connectivity index (χ1v) is 8.00. The van der Waals surface area contributed by atoms with E-state index in [0.29, 0.717) is 30.6 Å². The molecule has 1 aliphatic heterocycles. The van der Waals surface area contributed by atoms with Gasteiger partial charge in [0.1, 0.15) is 10.7 Å². The summed E-state index contributed by atoms with van der Waals surface area (Å²) in [6.45, 7) is 3.47. The van der Waals surface area contributed by atoms with Gasteiger partial charge in [0.2, 0.25) is 0 Å². The van der Waals surface area contributed by atoms with Gasteiger partial charge in [-0.05, 0) is 18.8 Å². The number of nitrogens with one attached hydrogen (secondary N) is 1. The molecule has 8 heteroatoms. The quantitative estimate of drug-likeness (QED) is 0.727. The predicted octanol–water partition coefficient (Wildman–Crippen LogP) is 0.0626. The van der Waals surface area contributed by atoms with Gasteiger partial charge in [0.25, 0.3) is 5.91 Å². The Kier molecular flexibility index (Phi) is 4.27. The number of nitrogens with two attached hydrogens (primary N) is 1. The van der Waals surface area contributed by atoms with E-state index in [0.717, 1.165) is 31.1 Å². The molecular formula is C13H20N4O3S. The van der Waals surface area contributed by atoms with Crippen LogP contribution in [-0.2, 0) is 4.74 Å². The average molecular weight is 312 g/mol. The van der Waals surface area contributed by atoms with Crippen LogP contribution in [-0.4, -0.2) is 54.9 Å². The smallest absolute Gasteiger partial charge is 0.265 e. The lowest BCUT2D eigenvalue weighted by Gasteiger charge is -2.31. The first kappa shape index (κ1) is 14.6. The lowest BCUT2D eigenvalue weighted by Crippen LogP contribution is -2.38. The third-order valence-corrected chi connectivity index (χ3v) is 5.02. The van der Waals surface area contributed by atoms with Gasteiger partial charge in [-0.3, -0.25) is 4.79 Å². The van der Waals surface area contributed by atoms with Crippen LogP contribution in [0.15, 0.2) is 0 Å². The van der Waals surface area contributed by atoms with Gasteiger partial charge in [-0.1, -0.05) is 11.3 Å². The Morgan fingerprint density at radius 2 is 2.19 bits per heavy atom. The highest BCUT2D eigenvalue weighted by molar-refractivity contribution is 7.18. The van der Waals surface area contributed by atoms with Crippen molar-refractivity contribution in [2.24, 2.45) is 5.92 Å². The molecule has 2 heterocycles. The Bertz CT molecular complexity index is 510. The van der Waals surface area contributed by atoms with E-state index in [-0.39, 0.29) is 17.8 Å². The van der Waals surface area contributed by atoms with E-state index in [1.807, 2.05) is 0 Å². The average Bonchev–Trinajstić information content (AvgIpc) is 2.85. The van der Waals surface area contributed by atoms with Crippen LogP contribution < -0.4 is 16.0 Å². The van der Waals surface area contributed by atoms with Crippen LogP contribution >= 0.6 is 11.3 Å². The Morgan fingerprint density at radius 1 is 1.48 bits per heavy atom. The van der Waals surface area contributed by atoms with E-state index >= 15 is 0 Å². The van der Waals surface area contributed by atoms with Crippen LogP contribution in [0.3, 0.4) is 0 Å². The van der Waals surface area contributed by atoms with Crippen LogP contribution in [0, 0.1) is 5.92 Å². The third-order valence-electron chi connectivity index (χ3n) is 3.89. The van der Waals surface area contributed by atoms with Crippen LogP contribution in [0.2, 0.25) is 0 Å². The van der Waals surface area contributed by atoms with Crippen molar-refractivity contribution in [3.8, 4) is 0 Å². The number of anilines is 2. The number of hydrogen-bond acceptors (Lipinski definition) is 7. The number of thiazole rings is 1. The molecule has 3 rings (SSSR count). The fourth-order valence-electron chi connectivity index (χ4n) is 2.56. The summed E-state index contributed by atoms with van der Waals surface area (Å²) in [5.74, 6) is 0.482. The number of amides is 1. The van der Waals surface area contributed by atoms with Gasteiger partial charge in [0.05, 0.1) is 19.3 Å². The van der Waals surface area contributed by atoms with Crippen LogP contribution in [0.4, 0.5) is 10.9 Å². The zero-order valence-electron chi connectivity index (χ0n) is 11.7. The maximum atomic E-state index is 12.2. The van der Waals surface area contributed by atoms with Gasteiger partial charge in [0.15, 0.2) is 5.13 Å². The molecule has 0 aromatic carbocycles. The van der Waals surface area contributed by atoms with Crippen molar-refractivity contribution in [2.45, 2.75) is 18.9 Å². The molecule has 21 heavy (non-hydrogen) atoms. The number of nitrogen functional groups attached to an aromatic ring is 1. The fourth-order valence-corrected chi connectivity index (χ4v) is 3.51. The number of rotatable bonds is 4. The number of morpholine rings is 1. The highest BCUT2D eigenvalue weighted by Gasteiger charge is 2.28. The Hall–Kier alpha value is -1.38. The lowest BCUT2D eigenvalue weighted by atomic mass is 9.82.